The lowest BCUT2D eigenvalue weighted by Crippen LogP contribution is -2.71. The van der Waals surface area contributed by atoms with Crippen LogP contribution in [0.2, 0.25) is 0 Å². The molecule has 0 aromatic carbocycles. The Morgan fingerprint density at radius 2 is 0.422 bits per heavy atom. The van der Waals surface area contributed by atoms with E-state index in [4.69, 9.17) is 109 Å². The number of nitrogens with one attached hydrogen (secondary N) is 5. The number of carbonyl (C=O) groups excluding carboxylic acids is 5. The minimum Gasteiger partial charge on any atom is -0.394 e. The monoisotopic (exact) mass is 2150 g/mol. The molecule has 12 saturated heterocycles. The predicted molar refractivity (Wildman–Crippen MR) is 452 cm³/mol. The third-order valence-electron chi connectivity index (χ3n) is 27.0. The second-order valence-electron chi connectivity index (χ2n) is 37.3. The number of rotatable bonds is 38. The summed E-state index contributed by atoms with van der Waals surface area (Å²) < 4.78 is 139. The van der Waals surface area contributed by atoms with Crippen molar-refractivity contribution >= 4 is 29.5 Å². The number of aliphatic hydroxyl groups excluding tert-OH is 32. The van der Waals surface area contributed by atoms with Crippen LogP contribution in [0.1, 0.15) is 41.5 Å². The Bertz CT molecular complexity index is 4110. The maximum atomic E-state index is 13.5. The maximum Gasteiger partial charge on any atom is 0.217 e. The molecule has 37 N–H and O–H groups in total. The number of hydrogen-bond donors (Lipinski definition) is 37. The summed E-state index contributed by atoms with van der Waals surface area (Å²) in [7, 11) is 0. The fraction of sp³-hybridized carbons (Fsp3) is 0.939. The summed E-state index contributed by atoms with van der Waals surface area (Å²) in [6.07, 6.45) is -119. The van der Waals surface area contributed by atoms with Crippen molar-refractivity contribution in [1.29, 1.82) is 0 Å². The zero-order valence-electron chi connectivity index (χ0n) is 79.2. The average molecular weight is 2150 g/mol. The van der Waals surface area contributed by atoms with E-state index >= 15 is 0 Å². The van der Waals surface area contributed by atoms with Gasteiger partial charge < -0.3 is 299 Å². The van der Waals surface area contributed by atoms with Crippen molar-refractivity contribution < 1.29 is 296 Å². The molecule has 65 heteroatoms. The Labute approximate surface area is 832 Å². The molecule has 0 radical (unpaired) electrons. The van der Waals surface area contributed by atoms with Gasteiger partial charge in [0.2, 0.25) is 29.5 Å². The molecule has 0 saturated carbocycles. The van der Waals surface area contributed by atoms with E-state index in [1.54, 1.807) is 0 Å². The standard InChI is InChI=1S/C82H137N5O60/c1-18-40(102)51(113)56(118)76(127-18)125-17-34-67(46(108)35(71(124)128-34)83-19(2)97)140-73-37(85-21(4)99)48(110)65(31(14-95)134-73)144-80-61(123)68(145-82-69(55(117)44(106)27(10-91)132-82)146-74-38(86-22(5)100)49(111)63(29(12-93)135-74)142-78-58(120)53(115)42(104)25(8-89)130-78)45(107)33(138-80)16-126-81-70(147-75-39(87-23(6)101)50(112)64(30(13-94)136-75)143-79-59(121)54(116)43(105)26(9-90)131-79)60(122)66(32(15-96)137-81)139-72-36(84-20(3)98)47(109)62(28(11-92)133-72)141-77-57(119)52(114)41(103)24(7-88)129-77/h18,24-82,88-96,102-124H,7-17H2,1-6H3,(H,83,97)(H,84,98)(H,85,99)(H,86,100)(H,87,101)/t18-,24+,25+,26+,27+,28+,29+,30+,31+,32+,33+,34+,35+,36+,37+,38+,39+,40+,41-,42-,43-,44+,45+,46+,47+,48+,49+,50+,51+,52-,53-,54-,55-,56-,57+,58+,59-,60-,61-,62+,63+,64+,65+,66+,67+,68-,69-,70-,71?,72-,73-,74-,75-,76+,77+,78+,79+,80-,81-,82+/m0/s1. The van der Waals surface area contributed by atoms with Gasteiger partial charge in [-0.25, -0.2) is 0 Å². The van der Waals surface area contributed by atoms with Gasteiger partial charge in [-0.3, -0.25) is 24.0 Å². The topological polar surface area (TPSA) is 1010 Å². The molecule has 850 valence electrons. The Hall–Kier alpha value is -4.85. The van der Waals surface area contributed by atoms with Crippen molar-refractivity contribution in [3.05, 3.63) is 0 Å². The van der Waals surface area contributed by atoms with Crippen LogP contribution in [-0.2, 0) is 133 Å². The van der Waals surface area contributed by atoms with E-state index in [9.17, 15) is 187 Å². The zero-order valence-corrected chi connectivity index (χ0v) is 79.2. The van der Waals surface area contributed by atoms with Crippen LogP contribution in [0.4, 0.5) is 0 Å². The second-order valence-corrected chi connectivity index (χ2v) is 37.3. The summed E-state index contributed by atoms with van der Waals surface area (Å²) in [5.74, 6) is -5.03. The fourth-order valence-electron chi connectivity index (χ4n) is 19.2. The van der Waals surface area contributed by atoms with Crippen LogP contribution in [0.15, 0.2) is 0 Å². The summed E-state index contributed by atoms with van der Waals surface area (Å²) >= 11 is 0. The zero-order chi connectivity index (χ0) is 108. The largest absolute Gasteiger partial charge is 0.394 e. The number of hydrogen-bond acceptors (Lipinski definition) is 60. The van der Waals surface area contributed by atoms with E-state index in [0.717, 1.165) is 34.6 Å². The Morgan fingerprint density at radius 3 is 0.762 bits per heavy atom. The van der Waals surface area contributed by atoms with Crippen LogP contribution in [0.3, 0.4) is 0 Å². The molecule has 65 nitrogen and oxygen atoms in total. The average Bonchev–Trinajstić information content (AvgIpc) is 0.765. The number of carbonyl (C=O) groups is 5. The van der Waals surface area contributed by atoms with Crippen LogP contribution < -0.4 is 26.6 Å². The summed E-state index contributed by atoms with van der Waals surface area (Å²) in [6, 6.07) is -10.1. The summed E-state index contributed by atoms with van der Waals surface area (Å²) in [4.78, 5) is 65.9. The van der Waals surface area contributed by atoms with Gasteiger partial charge in [0.15, 0.2) is 75.5 Å². The lowest BCUT2D eigenvalue weighted by Gasteiger charge is -2.51. The van der Waals surface area contributed by atoms with Crippen LogP contribution in [0.25, 0.3) is 0 Å². The number of ether oxygens (including phenoxy) is 23. The van der Waals surface area contributed by atoms with Gasteiger partial charge in [0, 0.05) is 34.6 Å². The molecule has 1 unspecified atom stereocenters. The van der Waals surface area contributed by atoms with Gasteiger partial charge in [-0.15, -0.1) is 0 Å². The third-order valence-corrected chi connectivity index (χ3v) is 27.0. The summed E-state index contributed by atoms with van der Waals surface area (Å²) in [5.41, 5.74) is 0. The smallest absolute Gasteiger partial charge is 0.217 e. The van der Waals surface area contributed by atoms with E-state index < -0.39 is 470 Å². The molecule has 12 aliphatic rings. The van der Waals surface area contributed by atoms with Crippen molar-refractivity contribution in [2.45, 2.75) is 410 Å². The minimum absolute atomic E-state index is 0.873. The van der Waals surface area contributed by atoms with Gasteiger partial charge >= 0.3 is 0 Å². The lowest BCUT2D eigenvalue weighted by molar-refractivity contribution is -0.401. The maximum absolute atomic E-state index is 13.5. The highest BCUT2D eigenvalue weighted by Gasteiger charge is 2.64. The molecular weight excluding hydrogens is 2010 g/mol. The summed E-state index contributed by atoms with van der Waals surface area (Å²) in [5, 5.41) is 374. The van der Waals surface area contributed by atoms with Crippen LogP contribution >= 0.6 is 0 Å². The molecule has 12 heterocycles. The fourth-order valence-corrected chi connectivity index (χ4v) is 19.2. The molecule has 60 atom stereocenters. The van der Waals surface area contributed by atoms with Crippen LogP contribution in [0.5, 0.6) is 0 Å². The molecule has 0 aromatic rings. The second kappa shape index (κ2) is 52.8. The van der Waals surface area contributed by atoms with Gasteiger partial charge in [0.05, 0.1) is 78.8 Å². The highest BCUT2D eigenvalue weighted by Crippen LogP contribution is 2.43. The first kappa shape index (κ1) is 121. The van der Waals surface area contributed by atoms with E-state index in [-0.39, 0.29) is 0 Å². The Balaban J connectivity index is 0.921. The predicted octanol–water partition coefficient (Wildman–Crippen LogP) is -25.4. The number of aliphatic hydroxyl groups is 32. The Morgan fingerprint density at radius 1 is 0.190 bits per heavy atom. The molecule has 5 amide bonds. The van der Waals surface area contributed by atoms with Gasteiger partial charge in [-0.2, -0.15) is 0 Å². The van der Waals surface area contributed by atoms with Gasteiger partial charge in [0.25, 0.3) is 0 Å². The molecule has 0 aliphatic carbocycles. The van der Waals surface area contributed by atoms with Crippen LogP contribution in [0, 0.1) is 0 Å². The minimum atomic E-state index is -2.75. The first-order valence-electron chi connectivity index (χ1n) is 47.0. The van der Waals surface area contributed by atoms with Crippen LogP contribution in [-0.4, -0.2) is 634 Å². The highest BCUT2D eigenvalue weighted by molar-refractivity contribution is 5.75. The van der Waals surface area contributed by atoms with E-state index in [1.165, 1.54) is 6.92 Å². The van der Waals surface area contributed by atoms with Gasteiger partial charge in [-0.05, 0) is 6.92 Å². The first-order valence-corrected chi connectivity index (χ1v) is 47.0. The van der Waals surface area contributed by atoms with Crippen molar-refractivity contribution in [3.8, 4) is 0 Å². The molecule has 12 aliphatic heterocycles. The molecule has 0 aromatic heterocycles. The molecular formula is C82H137N5O60. The molecule has 12 rings (SSSR count). The third kappa shape index (κ3) is 26.8. The van der Waals surface area contributed by atoms with Crippen molar-refractivity contribution in [1.82, 2.24) is 26.6 Å². The van der Waals surface area contributed by atoms with Crippen molar-refractivity contribution in [3.63, 3.8) is 0 Å². The molecule has 0 spiro atoms. The normalized spacial score (nSPS) is 49.6. The van der Waals surface area contributed by atoms with Crippen molar-refractivity contribution in [2.75, 3.05) is 72.7 Å². The van der Waals surface area contributed by atoms with E-state index in [2.05, 4.69) is 26.6 Å². The van der Waals surface area contributed by atoms with Gasteiger partial charge in [-0.1, -0.05) is 0 Å². The SMILES string of the molecule is CC(=O)N[C@H]1[C@H](O[C@@H]2[C@@H](OC[C@H]3O[C@@H](O[C@H]4[C@H](O)[C@@H](NC(C)=O)[C@H](O[C@H]5[C@H](O)[C@@H](NC(C)=O)C(O)O[C@@H]5CO[C@@H]5O[C@@H](C)[C@@H](O)[C@@H](O)[C@@H]5O)O[C@@H]4CO)[C@@H](O)[C@@H](O[C@H]4O[C@H](CO)[C@@H](O)[C@H](O)[C@@H]4O[C@@H]4O[C@H](CO)[C@@H](O[C@H]5O[C@H](CO)[C@H](O)[C@H](O)[C@H]5O)[C@H](O)[C@H]4NC(C)=O)[C@@H]3O)O[C@H](CO)[C@@H](O[C@@H]3O[C@H](CO)[C@@H](O[C@H]4O[C@H](CO)[C@H](O)[C@H](O)[C@H]4O)[C@H](O)[C@H]3NC(C)=O)[C@@H]2O)O[C@H](CO)[C@@H](O[C@H]2O[C@H](CO)[C@H](O)[C@H](O)[C@@H]2O)[C@@H]1O. The Kier molecular flexibility index (Phi) is 43.4. The lowest BCUT2D eigenvalue weighted by atomic mass is 9.93. The van der Waals surface area contributed by atoms with E-state index in [0.29, 0.717) is 0 Å². The van der Waals surface area contributed by atoms with Crippen molar-refractivity contribution in [2.24, 2.45) is 0 Å². The number of amides is 5. The van der Waals surface area contributed by atoms with Gasteiger partial charge in [0.1, 0.15) is 287 Å². The molecule has 147 heavy (non-hydrogen) atoms. The molecule has 0 bridgehead atoms. The highest BCUT2D eigenvalue weighted by atomic mass is 16.8. The summed E-state index contributed by atoms with van der Waals surface area (Å²) in [6.45, 7) is -7.26. The molecule has 12 fully saturated rings. The first-order chi connectivity index (χ1) is 69.5. The quantitative estimate of drug-likeness (QED) is 0.0273. The van der Waals surface area contributed by atoms with E-state index in [1.807, 2.05) is 0 Å².